The van der Waals surface area contributed by atoms with Crippen LogP contribution in [0.15, 0.2) is 23.6 Å². The molecule has 0 bridgehead atoms. The summed E-state index contributed by atoms with van der Waals surface area (Å²) >= 11 is 1.57. The van der Waals surface area contributed by atoms with Crippen molar-refractivity contribution < 1.29 is 9.84 Å². The number of aromatic nitrogens is 1. The normalized spacial score (nSPS) is 10.6. The van der Waals surface area contributed by atoms with Crippen LogP contribution < -0.4 is 4.74 Å². The Labute approximate surface area is 111 Å². The molecule has 1 heterocycles. The van der Waals surface area contributed by atoms with Crippen molar-refractivity contribution in [2.75, 3.05) is 6.61 Å². The molecule has 0 fully saturated rings. The number of hydrogen-bond donors (Lipinski definition) is 1. The van der Waals surface area contributed by atoms with Gasteiger partial charge in [0.25, 0.3) is 0 Å². The molecule has 1 aromatic carbocycles. The van der Waals surface area contributed by atoms with Gasteiger partial charge in [0.15, 0.2) is 0 Å². The second kappa shape index (κ2) is 5.98. The second-order valence-electron chi connectivity index (χ2n) is 4.26. The summed E-state index contributed by atoms with van der Waals surface area (Å²) in [5, 5.41) is 11.8. The Balaban J connectivity index is 1.99. The molecule has 3 nitrogen and oxygen atoms in total. The summed E-state index contributed by atoms with van der Waals surface area (Å²) in [6.45, 7) is 4.71. The van der Waals surface area contributed by atoms with Gasteiger partial charge < -0.3 is 9.84 Å². The van der Waals surface area contributed by atoms with E-state index < -0.39 is 0 Å². The topological polar surface area (TPSA) is 42.4 Å². The van der Waals surface area contributed by atoms with Gasteiger partial charge in [-0.1, -0.05) is 12.1 Å². The van der Waals surface area contributed by atoms with Gasteiger partial charge in [0, 0.05) is 18.4 Å². The Hall–Kier alpha value is -1.39. The number of aryl methyl sites for hydroxylation is 2. The molecule has 2 rings (SSSR count). The highest BCUT2D eigenvalue weighted by molar-refractivity contribution is 7.09. The van der Waals surface area contributed by atoms with Gasteiger partial charge >= 0.3 is 0 Å². The highest BCUT2D eigenvalue weighted by Gasteiger charge is 2.04. The molecule has 0 aliphatic heterocycles. The maximum absolute atomic E-state index is 8.84. The number of ether oxygens (including phenoxy) is 1. The number of benzene rings is 1. The molecule has 0 saturated carbocycles. The second-order valence-corrected chi connectivity index (χ2v) is 5.21. The maximum Gasteiger partial charge on any atom is 0.140 e. The van der Waals surface area contributed by atoms with Crippen LogP contribution in [0.25, 0.3) is 0 Å². The van der Waals surface area contributed by atoms with Crippen molar-refractivity contribution in [3.63, 3.8) is 0 Å². The minimum absolute atomic E-state index is 0.140. The Morgan fingerprint density at radius 3 is 2.94 bits per heavy atom. The molecule has 0 amide bonds. The number of aliphatic hydroxyl groups is 1. The predicted molar refractivity (Wildman–Crippen MR) is 73.2 cm³/mol. The van der Waals surface area contributed by atoms with E-state index in [4.69, 9.17) is 9.84 Å². The van der Waals surface area contributed by atoms with Gasteiger partial charge in [-0.2, -0.15) is 0 Å². The Morgan fingerprint density at radius 1 is 1.33 bits per heavy atom. The molecule has 0 unspecified atom stereocenters. The fourth-order valence-corrected chi connectivity index (χ4v) is 2.39. The lowest BCUT2D eigenvalue weighted by Crippen LogP contribution is -1.98. The third-order valence-corrected chi connectivity index (χ3v) is 3.53. The number of hydrogen-bond acceptors (Lipinski definition) is 4. The first-order valence-corrected chi connectivity index (χ1v) is 6.81. The zero-order valence-electron chi connectivity index (χ0n) is 10.6. The molecule has 0 aliphatic rings. The van der Waals surface area contributed by atoms with Gasteiger partial charge in [0.2, 0.25) is 0 Å². The first-order chi connectivity index (χ1) is 8.69. The molecule has 0 radical (unpaired) electrons. The van der Waals surface area contributed by atoms with E-state index in [0.717, 1.165) is 22.0 Å². The maximum atomic E-state index is 8.84. The molecule has 2 aromatic rings. The van der Waals surface area contributed by atoms with Crippen LogP contribution in [0.3, 0.4) is 0 Å². The lowest BCUT2D eigenvalue weighted by molar-refractivity contribution is 0.295. The first kappa shape index (κ1) is 13.1. The van der Waals surface area contributed by atoms with Crippen molar-refractivity contribution in [2.45, 2.75) is 26.9 Å². The molecule has 18 heavy (non-hydrogen) atoms. The monoisotopic (exact) mass is 263 g/mol. The first-order valence-electron chi connectivity index (χ1n) is 5.93. The lowest BCUT2D eigenvalue weighted by atomic mass is 10.1. The standard InChI is InChI=1S/C14H17NO2S/c1-10-3-4-11(2)13(7-10)17-8-14-15-12(5-6-16)9-18-14/h3-4,7,9,16H,5-6,8H2,1-2H3. The van der Waals surface area contributed by atoms with E-state index in [1.807, 2.05) is 18.4 Å². The summed E-state index contributed by atoms with van der Waals surface area (Å²) in [7, 11) is 0. The van der Waals surface area contributed by atoms with Crippen LogP contribution in [0.1, 0.15) is 21.8 Å². The summed E-state index contributed by atoms with van der Waals surface area (Å²) in [5.74, 6) is 0.911. The summed E-state index contributed by atoms with van der Waals surface area (Å²) in [5.41, 5.74) is 3.26. The summed E-state index contributed by atoms with van der Waals surface area (Å²) in [6, 6.07) is 6.17. The Kier molecular flexibility index (Phi) is 4.33. The van der Waals surface area contributed by atoms with Crippen LogP contribution in [0.5, 0.6) is 5.75 Å². The van der Waals surface area contributed by atoms with E-state index in [1.165, 1.54) is 5.56 Å². The summed E-state index contributed by atoms with van der Waals surface area (Å²) in [6.07, 6.45) is 0.611. The number of rotatable bonds is 5. The number of thiazole rings is 1. The molecular weight excluding hydrogens is 246 g/mol. The highest BCUT2D eigenvalue weighted by Crippen LogP contribution is 2.21. The smallest absolute Gasteiger partial charge is 0.140 e. The van der Waals surface area contributed by atoms with Crippen LogP contribution in [-0.4, -0.2) is 16.7 Å². The van der Waals surface area contributed by atoms with Crippen LogP contribution in [0.2, 0.25) is 0 Å². The zero-order valence-corrected chi connectivity index (χ0v) is 11.5. The third-order valence-electron chi connectivity index (χ3n) is 2.66. The molecule has 96 valence electrons. The van der Waals surface area contributed by atoms with Crippen molar-refractivity contribution in [1.29, 1.82) is 0 Å². The minimum atomic E-state index is 0.140. The van der Waals surface area contributed by atoms with Gasteiger partial charge in [-0.25, -0.2) is 4.98 Å². The lowest BCUT2D eigenvalue weighted by Gasteiger charge is -2.08. The molecule has 1 N–H and O–H groups in total. The molecule has 0 atom stereocenters. The van der Waals surface area contributed by atoms with E-state index in [9.17, 15) is 0 Å². The van der Waals surface area contributed by atoms with Gasteiger partial charge in [-0.15, -0.1) is 11.3 Å². The third kappa shape index (κ3) is 3.31. The molecule has 1 aromatic heterocycles. The van der Waals surface area contributed by atoms with Crippen molar-refractivity contribution in [3.05, 3.63) is 45.4 Å². The minimum Gasteiger partial charge on any atom is -0.486 e. The summed E-state index contributed by atoms with van der Waals surface area (Å²) < 4.78 is 5.78. The zero-order chi connectivity index (χ0) is 13.0. The predicted octanol–water partition coefficient (Wildman–Crippen LogP) is 2.87. The van der Waals surface area contributed by atoms with Crippen molar-refractivity contribution in [3.8, 4) is 5.75 Å². The van der Waals surface area contributed by atoms with Crippen molar-refractivity contribution >= 4 is 11.3 Å². The molecular formula is C14H17NO2S. The molecule has 0 aliphatic carbocycles. The Morgan fingerprint density at radius 2 is 2.17 bits per heavy atom. The van der Waals surface area contributed by atoms with Crippen LogP contribution >= 0.6 is 11.3 Å². The Bertz CT molecular complexity index is 522. The van der Waals surface area contributed by atoms with Gasteiger partial charge in [-0.3, -0.25) is 0 Å². The molecule has 4 heteroatoms. The van der Waals surface area contributed by atoms with E-state index in [1.54, 1.807) is 11.3 Å². The van der Waals surface area contributed by atoms with E-state index in [2.05, 4.69) is 24.0 Å². The van der Waals surface area contributed by atoms with Gasteiger partial charge in [0.1, 0.15) is 17.4 Å². The van der Waals surface area contributed by atoms with Crippen molar-refractivity contribution in [2.24, 2.45) is 0 Å². The van der Waals surface area contributed by atoms with Crippen LogP contribution in [0.4, 0.5) is 0 Å². The molecule has 0 spiro atoms. The van der Waals surface area contributed by atoms with E-state index in [-0.39, 0.29) is 6.61 Å². The van der Waals surface area contributed by atoms with E-state index >= 15 is 0 Å². The molecule has 0 saturated heterocycles. The average Bonchev–Trinajstić information content (AvgIpc) is 2.79. The fourth-order valence-electron chi connectivity index (χ4n) is 1.65. The van der Waals surface area contributed by atoms with E-state index in [0.29, 0.717) is 13.0 Å². The van der Waals surface area contributed by atoms with Crippen molar-refractivity contribution in [1.82, 2.24) is 4.98 Å². The SMILES string of the molecule is Cc1ccc(C)c(OCc2nc(CCO)cs2)c1. The fraction of sp³-hybridized carbons (Fsp3) is 0.357. The van der Waals surface area contributed by atoms with Crippen LogP contribution in [0, 0.1) is 13.8 Å². The highest BCUT2D eigenvalue weighted by atomic mass is 32.1. The van der Waals surface area contributed by atoms with Crippen LogP contribution in [-0.2, 0) is 13.0 Å². The summed E-state index contributed by atoms with van der Waals surface area (Å²) in [4.78, 5) is 4.40. The van der Waals surface area contributed by atoms with Gasteiger partial charge in [-0.05, 0) is 31.0 Å². The number of aliphatic hydroxyl groups excluding tert-OH is 1. The number of nitrogens with zero attached hydrogens (tertiary/aromatic N) is 1. The van der Waals surface area contributed by atoms with Gasteiger partial charge in [0.05, 0.1) is 5.69 Å². The average molecular weight is 263 g/mol. The largest absolute Gasteiger partial charge is 0.486 e. The quantitative estimate of drug-likeness (QED) is 0.902.